The van der Waals surface area contributed by atoms with E-state index in [0.29, 0.717) is 5.75 Å². The summed E-state index contributed by atoms with van der Waals surface area (Å²) in [6.07, 6.45) is 0. The standard InChI is InChI=1S/C9H12NO4P/c1-9(10,8(11)12)15(13)14-7-5-3-2-4-6-7/h2-6,15H,10H2,1H3,(H,11,12). The predicted molar refractivity (Wildman–Crippen MR) is 56.3 cm³/mol. The first kappa shape index (κ1) is 11.8. The van der Waals surface area contributed by atoms with Crippen molar-refractivity contribution in [2.45, 2.75) is 12.2 Å². The van der Waals surface area contributed by atoms with E-state index in [1.165, 1.54) is 6.92 Å². The van der Waals surface area contributed by atoms with Gasteiger partial charge in [-0.1, -0.05) is 18.2 Å². The molecule has 2 unspecified atom stereocenters. The normalized spacial score (nSPS) is 16.4. The molecule has 2 atom stereocenters. The van der Waals surface area contributed by atoms with Crippen LogP contribution in [0.25, 0.3) is 0 Å². The maximum atomic E-state index is 11.5. The molecule has 0 aliphatic carbocycles. The number of carboxylic acid groups (broad SMARTS) is 1. The minimum Gasteiger partial charge on any atom is -0.479 e. The Kier molecular flexibility index (Phi) is 3.50. The van der Waals surface area contributed by atoms with Gasteiger partial charge in [0.05, 0.1) is 0 Å². The fourth-order valence-corrected chi connectivity index (χ4v) is 1.53. The maximum Gasteiger partial charge on any atom is 0.334 e. The summed E-state index contributed by atoms with van der Waals surface area (Å²) in [5.41, 5.74) is 5.36. The van der Waals surface area contributed by atoms with Gasteiger partial charge >= 0.3 is 5.97 Å². The van der Waals surface area contributed by atoms with E-state index in [1.54, 1.807) is 30.3 Å². The second kappa shape index (κ2) is 4.47. The summed E-state index contributed by atoms with van der Waals surface area (Å²) in [6.45, 7) is 1.17. The van der Waals surface area contributed by atoms with Crippen LogP contribution in [0.15, 0.2) is 30.3 Å². The third kappa shape index (κ3) is 2.81. The zero-order chi connectivity index (χ0) is 11.5. The Morgan fingerprint density at radius 3 is 2.47 bits per heavy atom. The van der Waals surface area contributed by atoms with Crippen molar-refractivity contribution in [1.29, 1.82) is 0 Å². The molecule has 0 saturated carbocycles. The lowest BCUT2D eigenvalue weighted by atomic mass is 10.3. The summed E-state index contributed by atoms with van der Waals surface area (Å²) in [7, 11) is -2.89. The lowest BCUT2D eigenvalue weighted by Gasteiger charge is -2.18. The maximum absolute atomic E-state index is 11.5. The summed E-state index contributed by atoms with van der Waals surface area (Å²) >= 11 is 0. The monoisotopic (exact) mass is 229 g/mol. The van der Waals surface area contributed by atoms with Crippen LogP contribution < -0.4 is 10.3 Å². The fourth-order valence-electron chi connectivity index (χ4n) is 0.789. The SMILES string of the molecule is CC(N)(C(=O)O)[PH](=O)Oc1ccccc1. The zero-order valence-electron chi connectivity index (χ0n) is 8.14. The molecule has 0 spiro atoms. The van der Waals surface area contributed by atoms with E-state index >= 15 is 0 Å². The van der Waals surface area contributed by atoms with Gasteiger partial charge in [0.25, 0.3) is 8.03 Å². The van der Waals surface area contributed by atoms with E-state index in [2.05, 4.69) is 0 Å². The topological polar surface area (TPSA) is 89.6 Å². The van der Waals surface area contributed by atoms with Crippen LogP contribution in [0, 0.1) is 0 Å². The third-order valence-corrected chi connectivity index (χ3v) is 3.31. The molecule has 15 heavy (non-hydrogen) atoms. The van der Waals surface area contributed by atoms with Crippen LogP contribution >= 0.6 is 8.03 Å². The number of aliphatic carboxylic acids is 1. The molecule has 5 nitrogen and oxygen atoms in total. The van der Waals surface area contributed by atoms with Gasteiger partial charge in [0.15, 0.2) is 5.28 Å². The van der Waals surface area contributed by atoms with Gasteiger partial charge in [0, 0.05) is 0 Å². The van der Waals surface area contributed by atoms with Crippen molar-refractivity contribution in [3.63, 3.8) is 0 Å². The first-order valence-corrected chi connectivity index (χ1v) is 5.56. The van der Waals surface area contributed by atoms with Crippen LogP contribution in [0.2, 0.25) is 0 Å². The van der Waals surface area contributed by atoms with Gasteiger partial charge < -0.3 is 15.4 Å². The highest BCUT2D eigenvalue weighted by molar-refractivity contribution is 7.42. The second-order valence-electron chi connectivity index (χ2n) is 3.21. The molecule has 0 bridgehead atoms. The number of hydrogen-bond acceptors (Lipinski definition) is 4. The molecule has 1 aromatic rings. The third-order valence-electron chi connectivity index (χ3n) is 1.82. The molecule has 82 valence electrons. The summed E-state index contributed by atoms with van der Waals surface area (Å²) in [6, 6.07) is 8.32. The minimum atomic E-state index is -2.89. The number of hydrogen-bond donors (Lipinski definition) is 2. The zero-order valence-corrected chi connectivity index (χ0v) is 9.14. The number of nitrogens with two attached hydrogens (primary N) is 1. The van der Waals surface area contributed by atoms with Crippen molar-refractivity contribution in [2.24, 2.45) is 5.73 Å². The summed E-state index contributed by atoms with van der Waals surface area (Å²) in [4.78, 5) is 10.7. The molecule has 0 radical (unpaired) electrons. The molecule has 0 fully saturated rings. The highest BCUT2D eigenvalue weighted by Crippen LogP contribution is 2.36. The molecule has 0 heterocycles. The Morgan fingerprint density at radius 2 is 2.00 bits per heavy atom. The Labute approximate surface area is 87.7 Å². The molecule has 0 saturated heterocycles. The minimum absolute atomic E-state index is 0.347. The Bertz CT molecular complexity index is 377. The highest BCUT2D eigenvalue weighted by atomic mass is 31.1. The van der Waals surface area contributed by atoms with E-state index in [1.807, 2.05) is 0 Å². The fraction of sp³-hybridized carbons (Fsp3) is 0.222. The molecule has 1 aromatic carbocycles. The quantitative estimate of drug-likeness (QED) is 0.759. The van der Waals surface area contributed by atoms with Gasteiger partial charge in [-0.05, 0) is 19.1 Å². The molecule has 0 aliphatic rings. The van der Waals surface area contributed by atoms with Gasteiger partial charge in [-0.15, -0.1) is 0 Å². The lowest BCUT2D eigenvalue weighted by molar-refractivity contribution is -0.139. The van der Waals surface area contributed by atoms with Crippen LogP contribution in [-0.4, -0.2) is 16.4 Å². The smallest absolute Gasteiger partial charge is 0.334 e. The number of para-hydroxylation sites is 1. The average molecular weight is 229 g/mol. The van der Waals surface area contributed by atoms with Crippen LogP contribution in [-0.2, 0) is 9.36 Å². The van der Waals surface area contributed by atoms with E-state index in [9.17, 15) is 9.36 Å². The Balaban J connectivity index is 2.77. The van der Waals surface area contributed by atoms with Crippen molar-refractivity contribution in [2.75, 3.05) is 0 Å². The van der Waals surface area contributed by atoms with Crippen molar-refractivity contribution in [3.05, 3.63) is 30.3 Å². The summed E-state index contributed by atoms with van der Waals surface area (Å²) in [5, 5.41) is 6.86. The van der Waals surface area contributed by atoms with Crippen molar-refractivity contribution in [1.82, 2.24) is 0 Å². The molecule has 0 amide bonds. The molecule has 6 heteroatoms. The average Bonchev–Trinajstić information content (AvgIpc) is 2.18. The van der Waals surface area contributed by atoms with Crippen LogP contribution in [0.5, 0.6) is 5.75 Å². The van der Waals surface area contributed by atoms with Gasteiger partial charge in [0.2, 0.25) is 0 Å². The van der Waals surface area contributed by atoms with E-state index in [4.69, 9.17) is 15.4 Å². The van der Waals surface area contributed by atoms with Gasteiger partial charge in [-0.2, -0.15) is 0 Å². The number of benzene rings is 1. The van der Waals surface area contributed by atoms with Crippen LogP contribution in [0.1, 0.15) is 6.92 Å². The Morgan fingerprint density at radius 1 is 1.47 bits per heavy atom. The highest BCUT2D eigenvalue weighted by Gasteiger charge is 2.36. The molecular weight excluding hydrogens is 217 g/mol. The van der Waals surface area contributed by atoms with E-state index in [-0.39, 0.29) is 0 Å². The van der Waals surface area contributed by atoms with E-state index in [0.717, 1.165) is 0 Å². The van der Waals surface area contributed by atoms with Crippen LogP contribution in [0.3, 0.4) is 0 Å². The lowest BCUT2D eigenvalue weighted by Crippen LogP contribution is -2.41. The molecule has 0 aromatic heterocycles. The molecular formula is C9H12NO4P. The van der Waals surface area contributed by atoms with Crippen molar-refractivity contribution in [3.8, 4) is 5.75 Å². The molecule has 0 aliphatic heterocycles. The second-order valence-corrected chi connectivity index (χ2v) is 5.03. The number of carbonyl (C=O) groups is 1. The number of rotatable bonds is 4. The Hall–Kier alpha value is -1.32. The largest absolute Gasteiger partial charge is 0.479 e. The van der Waals surface area contributed by atoms with Gasteiger partial charge in [0.1, 0.15) is 5.75 Å². The first-order chi connectivity index (χ1) is 6.94. The predicted octanol–water partition coefficient (Wildman–Crippen LogP) is 1.30. The van der Waals surface area contributed by atoms with Crippen LogP contribution in [0.4, 0.5) is 0 Å². The summed E-state index contributed by atoms with van der Waals surface area (Å²) in [5.74, 6) is -0.998. The summed E-state index contributed by atoms with van der Waals surface area (Å²) < 4.78 is 16.5. The van der Waals surface area contributed by atoms with E-state index < -0.39 is 19.3 Å². The molecule has 1 rings (SSSR count). The van der Waals surface area contributed by atoms with Gasteiger partial charge in [-0.25, -0.2) is 4.79 Å². The van der Waals surface area contributed by atoms with Crippen molar-refractivity contribution < 1.29 is 19.0 Å². The first-order valence-electron chi connectivity index (χ1n) is 4.24. The van der Waals surface area contributed by atoms with Crippen molar-refractivity contribution >= 4 is 14.0 Å². The molecule has 3 N–H and O–H groups in total. The number of carboxylic acids is 1. The van der Waals surface area contributed by atoms with Gasteiger partial charge in [-0.3, -0.25) is 4.57 Å².